The predicted octanol–water partition coefficient (Wildman–Crippen LogP) is 5.21. The Bertz CT molecular complexity index is 737. The van der Waals surface area contributed by atoms with Crippen LogP contribution in [-0.4, -0.2) is 36.3 Å². The van der Waals surface area contributed by atoms with Gasteiger partial charge < -0.3 is 10.2 Å². The Labute approximate surface area is 189 Å². The van der Waals surface area contributed by atoms with Crippen LogP contribution in [0.2, 0.25) is 10.0 Å². The average Bonchev–Trinajstić information content (AvgIpc) is 2.88. The molecule has 30 heavy (non-hydrogen) atoms. The third-order valence-corrected chi connectivity index (χ3v) is 5.45. The van der Waals surface area contributed by atoms with Gasteiger partial charge in [0.2, 0.25) is 0 Å². The first-order valence-corrected chi connectivity index (χ1v) is 11.1. The molecule has 0 spiro atoms. The number of anilines is 1. The molecule has 2 rings (SSSR count). The van der Waals surface area contributed by atoms with Gasteiger partial charge in [0.25, 0.3) is 5.91 Å². The van der Waals surface area contributed by atoms with E-state index >= 15 is 0 Å². The minimum atomic E-state index is -1.05. The summed E-state index contributed by atoms with van der Waals surface area (Å²) in [5.41, 5.74) is 0.0841. The molecule has 0 aromatic heterocycles. The third kappa shape index (κ3) is 8.52. The summed E-state index contributed by atoms with van der Waals surface area (Å²) in [6.07, 6.45) is 3.60. The topological polar surface area (TPSA) is 78.5 Å². The van der Waals surface area contributed by atoms with Crippen molar-refractivity contribution in [1.29, 1.82) is 0 Å². The van der Waals surface area contributed by atoms with Crippen molar-refractivity contribution in [3.05, 3.63) is 28.2 Å². The van der Waals surface area contributed by atoms with Crippen molar-refractivity contribution in [2.45, 2.75) is 65.8 Å². The van der Waals surface area contributed by atoms with Crippen molar-refractivity contribution >= 4 is 46.6 Å². The minimum absolute atomic E-state index is 0.0323. The van der Waals surface area contributed by atoms with Gasteiger partial charge in [-0.2, -0.15) is 0 Å². The zero-order valence-electron chi connectivity index (χ0n) is 18.5. The molecule has 1 fully saturated rings. The van der Waals surface area contributed by atoms with Crippen LogP contribution in [-0.2, 0) is 9.59 Å². The molecule has 1 aromatic carbocycles. The van der Waals surface area contributed by atoms with E-state index < -0.39 is 17.5 Å². The molecular formula is C22H33Cl2N3O3. The first-order valence-electron chi connectivity index (χ1n) is 10.3. The molecule has 0 aliphatic carbocycles. The van der Waals surface area contributed by atoms with Crippen molar-refractivity contribution in [3.8, 4) is 0 Å². The van der Waals surface area contributed by atoms with Gasteiger partial charge in [-0.3, -0.25) is 14.9 Å². The molecule has 0 saturated carbocycles. The van der Waals surface area contributed by atoms with Gasteiger partial charge in [-0.15, -0.1) is 0 Å². The molecule has 1 unspecified atom stereocenters. The Hall–Kier alpha value is -1.79. The first-order chi connectivity index (χ1) is 14.0. The van der Waals surface area contributed by atoms with Gasteiger partial charge in [-0.1, -0.05) is 50.4 Å². The van der Waals surface area contributed by atoms with Crippen molar-refractivity contribution in [2.75, 3.05) is 18.0 Å². The number of rotatable bonds is 9. The summed E-state index contributed by atoms with van der Waals surface area (Å²) < 4.78 is 0. The van der Waals surface area contributed by atoms with Gasteiger partial charge in [0.15, 0.2) is 0 Å². The molecule has 2 N–H and O–H groups in total. The number of nitrogens with zero attached hydrogens (tertiary/aromatic N) is 1. The maximum atomic E-state index is 11.1. The number of amides is 3. The van der Waals surface area contributed by atoms with Crippen LogP contribution < -0.4 is 15.5 Å². The zero-order valence-corrected chi connectivity index (χ0v) is 20.0. The predicted molar refractivity (Wildman–Crippen MR) is 123 cm³/mol. The SMILES string of the molecule is CC(=O)C[C@@]1(C)NC(=O)NC1=O.CCCN(CCC(C)CC)c1cc(Cl)cc(Cl)c1. The van der Waals surface area contributed by atoms with Crippen LogP contribution in [0.25, 0.3) is 0 Å². The van der Waals surface area contributed by atoms with Crippen LogP contribution in [0.4, 0.5) is 10.5 Å². The third-order valence-electron chi connectivity index (χ3n) is 5.01. The Balaban J connectivity index is 0.000000325. The smallest absolute Gasteiger partial charge is 0.322 e. The fraction of sp³-hybridized carbons (Fsp3) is 0.591. The molecule has 1 heterocycles. The van der Waals surface area contributed by atoms with E-state index in [9.17, 15) is 14.4 Å². The van der Waals surface area contributed by atoms with Gasteiger partial charge in [0.05, 0.1) is 0 Å². The number of hydrogen-bond donors (Lipinski definition) is 2. The van der Waals surface area contributed by atoms with Crippen molar-refractivity contribution < 1.29 is 14.4 Å². The van der Waals surface area contributed by atoms with Gasteiger partial charge in [0.1, 0.15) is 11.3 Å². The number of Topliss-reactive ketones (excluding diaryl/α,β-unsaturated/α-hetero) is 1. The maximum absolute atomic E-state index is 11.1. The summed E-state index contributed by atoms with van der Waals surface area (Å²) in [5.74, 6) is 0.191. The second kappa shape index (κ2) is 12.2. The molecule has 168 valence electrons. The van der Waals surface area contributed by atoms with Crippen molar-refractivity contribution in [1.82, 2.24) is 10.6 Å². The van der Waals surface area contributed by atoms with E-state index in [0.29, 0.717) is 10.0 Å². The number of ketones is 1. The maximum Gasteiger partial charge on any atom is 0.322 e. The molecule has 2 atom stereocenters. The van der Waals surface area contributed by atoms with E-state index in [4.69, 9.17) is 23.2 Å². The fourth-order valence-corrected chi connectivity index (χ4v) is 3.66. The number of benzene rings is 1. The Kier molecular flexibility index (Phi) is 10.6. The number of imide groups is 1. The lowest BCUT2D eigenvalue weighted by Gasteiger charge is -2.26. The van der Waals surface area contributed by atoms with Crippen LogP contribution in [0, 0.1) is 5.92 Å². The summed E-state index contributed by atoms with van der Waals surface area (Å²) in [6.45, 7) is 11.8. The number of hydrogen-bond acceptors (Lipinski definition) is 4. The van der Waals surface area contributed by atoms with Crippen molar-refractivity contribution in [3.63, 3.8) is 0 Å². The normalized spacial score (nSPS) is 18.8. The lowest BCUT2D eigenvalue weighted by molar-refractivity contribution is -0.127. The number of urea groups is 1. The molecule has 8 heteroatoms. The second-order valence-electron chi connectivity index (χ2n) is 8.04. The first kappa shape index (κ1) is 26.2. The summed E-state index contributed by atoms with van der Waals surface area (Å²) in [6, 6.07) is 5.24. The lowest BCUT2D eigenvalue weighted by atomic mass is 9.96. The van der Waals surface area contributed by atoms with Crippen molar-refractivity contribution in [2.24, 2.45) is 5.92 Å². The molecule has 1 saturated heterocycles. The lowest BCUT2D eigenvalue weighted by Crippen LogP contribution is -2.45. The highest BCUT2D eigenvalue weighted by molar-refractivity contribution is 6.35. The molecule has 0 bridgehead atoms. The van der Waals surface area contributed by atoms with Gasteiger partial charge >= 0.3 is 6.03 Å². The molecule has 3 amide bonds. The second-order valence-corrected chi connectivity index (χ2v) is 8.91. The highest BCUT2D eigenvalue weighted by atomic mass is 35.5. The fourth-order valence-electron chi connectivity index (χ4n) is 3.14. The van der Waals surface area contributed by atoms with E-state index in [1.54, 1.807) is 6.07 Å². The number of halogens is 2. The molecule has 1 aromatic rings. The Morgan fingerprint density at radius 1 is 1.13 bits per heavy atom. The Morgan fingerprint density at radius 2 is 1.73 bits per heavy atom. The standard InChI is InChI=1S/C15H23Cl2N.C7H10N2O3/c1-4-7-18(8-6-12(3)5-2)15-10-13(16)9-14(17)11-15;1-4(10)3-7(2)5(11)8-6(12)9-7/h9-12H,4-8H2,1-3H3;3H2,1-2H3,(H2,8,9,11,12)/t;7-/m.1/s1. The highest BCUT2D eigenvalue weighted by Gasteiger charge is 2.42. The van der Waals surface area contributed by atoms with E-state index in [1.807, 2.05) is 12.1 Å². The number of carbonyl (C=O) groups is 3. The number of carbonyl (C=O) groups excluding carboxylic acids is 3. The van der Waals surface area contributed by atoms with E-state index in [-0.39, 0.29) is 12.2 Å². The van der Waals surface area contributed by atoms with E-state index in [1.165, 1.54) is 26.7 Å². The number of nitrogens with one attached hydrogen (secondary N) is 2. The molecular weight excluding hydrogens is 425 g/mol. The molecule has 1 aliphatic rings. The average molecular weight is 458 g/mol. The Morgan fingerprint density at radius 3 is 2.17 bits per heavy atom. The monoisotopic (exact) mass is 457 g/mol. The van der Waals surface area contributed by atoms with Crippen LogP contribution in [0.3, 0.4) is 0 Å². The highest BCUT2D eigenvalue weighted by Crippen LogP contribution is 2.26. The van der Waals surface area contributed by atoms with E-state index in [2.05, 4.69) is 36.3 Å². The van der Waals surface area contributed by atoms with Crippen LogP contribution in [0.15, 0.2) is 18.2 Å². The minimum Gasteiger partial charge on any atom is -0.371 e. The summed E-state index contributed by atoms with van der Waals surface area (Å²) in [7, 11) is 0. The molecule has 6 nitrogen and oxygen atoms in total. The van der Waals surface area contributed by atoms with Crippen LogP contribution in [0.1, 0.15) is 60.3 Å². The quantitative estimate of drug-likeness (QED) is 0.498. The molecule has 1 aliphatic heterocycles. The van der Waals surface area contributed by atoms with E-state index in [0.717, 1.165) is 31.1 Å². The van der Waals surface area contributed by atoms with Crippen LogP contribution in [0.5, 0.6) is 0 Å². The van der Waals surface area contributed by atoms with Gasteiger partial charge in [-0.05, 0) is 50.8 Å². The van der Waals surface area contributed by atoms with Crippen LogP contribution >= 0.6 is 23.2 Å². The summed E-state index contributed by atoms with van der Waals surface area (Å²) in [5, 5.41) is 5.88. The zero-order chi connectivity index (χ0) is 22.9. The van der Waals surface area contributed by atoms with Gasteiger partial charge in [-0.25, -0.2) is 4.79 Å². The summed E-state index contributed by atoms with van der Waals surface area (Å²) in [4.78, 5) is 34.9. The summed E-state index contributed by atoms with van der Waals surface area (Å²) >= 11 is 12.1. The largest absolute Gasteiger partial charge is 0.371 e. The van der Waals surface area contributed by atoms with Gasteiger partial charge in [0, 0.05) is 35.2 Å². The molecule has 0 radical (unpaired) electrons.